The lowest BCUT2D eigenvalue weighted by Gasteiger charge is -2.33. The summed E-state index contributed by atoms with van der Waals surface area (Å²) < 4.78 is 5.59. The number of pyridine rings is 1. The molecule has 1 aromatic carbocycles. The summed E-state index contributed by atoms with van der Waals surface area (Å²) in [5.41, 5.74) is 2.89. The van der Waals surface area contributed by atoms with Crippen LogP contribution in [0.3, 0.4) is 0 Å². The van der Waals surface area contributed by atoms with Gasteiger partial charge in [-0.05, 0) is 30.8 Å². The first-order chi connectivity index (χ1) is 15.2. The third-order valence-corrected chi connectivity index (χ3v) is 5.33. The summed E-state index contributed by atoms with van der Waals surface area (Å²) in [5, 5.41) is 6.59. The molecular formula is C23H29N7O. The van der Waals surface area contributed by atoms with Gasteiger partial charge in [0, 0.05) is 51.5 Å². The van der Waals surface area contributed by atoms with Gasteiger partial charge in [-0.2, -0.15) is 0 Å². The molecule has 3 aromatic rings. The summed E-state index contributed by atoms with van der Waals surface area (Å²) in [5.74, 6) is 2.36. The first-order valence-electron chi connectivity index (χ1n) is 10.5. The Balaban J connectivity index is 1.26. The van der Waals surface area contributed by atoms with Crippen LogP contribution in [0.25, 0.3) is 11.5 Å². The molecule has 1 fully saturated rings. The second-order valence-electron chi connectivity index (χ2n) is 7.60. The van der Waals surface area contributed by atoms with Crippen LogP contribution in [-0.4, -0.2) is 61.1 Å². The number of nitrogens with zero attached hydrogens (tertiary/aromatic N) is 5. The van der Waals surface area contributed by atoms with E-state index in [0.717, 1.165) is 48.8 Å². The zero-order chi connectivity index (χ0) is 21.5. The van der Waals surface area contributed by atoms with Crippen LogP contribution in [0.15, 0.2) is 64.3 Å². The van der Waals surface area contributed by atoms with E-state index in [1.807, 2.05) is 36.5 Å². The van der Waals surface area contributed by atoms with E-state index >= 15 is 0 Å². The molecule has 162 valence electrons. The van der Waals surface area contributed by atoms with Gasteiger partial charge in [-0.15, -0.1) is 0 Å². The van der Waals surface area contributed by atoms with Crippen LogP contribution in [0, 0.1) is 0 Å². The number of aliphatic imine (C=N–C) groups is 1. The Labute approximate surface area is 183 Å². The maximum absolute atomic E-state index is 5.59. The highest BCUT2D eigenvalue weighted by Crippen LogP contribution is 2.17. The maximum Gasteiger partial charge on any atom is 0.226 e. The quantitative estimate of drug-likeness (QED) is 0.469. The van der Waals surface area contributed by atoms with Crippen LogP contribution in [0.2, 0.25) is 0 Å². The van der Waals surface area contributed by atoms with Crippen molar-refractivity contribution in [3.05, 3.63) is 66.2 Å². The van der Waals surface area contributed by atoms with Crippen molar-refractivity contribution in [1.29, 1.82) is 0 Å². The molecule has 8 nitrogen and oxygen atoms in total. The van der Waals surface area contributed by atoms with Gasteiger partial charge in [0.05, 0.1) is 12.2 Å². The molecule has 0 radical (unpaired) electrons. The van der Waals surface area contributed by atoms with E-state index in [0.29, 0.717) is 24.9 Å². The molecule has 0 amide bonds. The van der Waals surface area contributed by atoms with Gasteiger partial charge in [-0.25, -0.2) is 9.97 Å². The molecule has 0 unspecified atom stereocenters. The van der Waals surface area contributed by atoms with Gasteiger partial charge in [0.25, 0.3) is 0 Å². The van der Waals surface area contributed by atoms with Gasteiger partial charge in [0.2, 0.25) is 5.89 Å². The molecule has 1 aliphatic heterocycles. The van der Waals surface area contributed by atoms with Crippen LogP contribution in [0.1, 0.15) is 11.3 Å². The first kappa shape index (κ1) is 20.9. The van der Waals surface area contributed by atoms with Crippen LogP contribution >= 0.6 is 0 Å². The molecule has 0 bridgehead atoms. The van der Waals surface area contributed by atoms with E-state index in [1.165, 1.54) is 0 Å². The number of guanidine groups is 1. The fourth-order valence-electron chi connectivity index (χ4n) is 3.43. The predicted octanol–water partition coefficient (Wildman–Crippen LogP) is 2.35. The van der Waals surface area contributed by atoms with Gasteiger partial charge in [0.15, 0.2) is 5.96 Å². The molecule has 1 saturated heterocycles. The molecule has 0 spiro atoms. The van der Waals surface area contributed by atoms with Crippen molar-refractivity contribution in [3.8, 4) is 11.5 Å². The monoisotopic (exact) mass is 419 g/mol. The average Bonchev–Trinajstić information content (AvgIpc) is 3.30. The second-order valence-corrected chi connectivity index (χ2v) is 7.60. The molecule has 3 heterocycles. The van der Waals surface area contributed by atoms with Crippen LogP contribution < -0.4 is 15.5 Å². The number of aromatic nitrogens is 2. The Bertz CT molecular complexity index is 977. The molecular weight excluding hydrogens is 390 g/mol. The van der Waals surface area contributed by atoms with Gasteiger partial charge in [-0.3, -0.25) is 4.99 Å². The zero-order valence-electron chi connectivity index (χ0n) is 18.1. The first-order valence-corrected chi connectivity index (χ1v) is 10.5. The minimum absolute atomic E-state index is 0.524. The number of hydrogen-bond acceptors (Lipinski definition) is 6. The van der Waals surface area contributed by atoms with Crippen molar-refractivity contribution in [2.75, 3.05) is 45.2 Å². The molecule has 0 atom stereocenters. The Hall–Kier alpha value is -3.39. The molecule has 0 saturated carbocycles. The Morgan fingerprint density at radius 1 is 1.03 bits per heavy atom. The molecule has 0 aliphatic carbocycles. The fraction of sp³-hybridized carbons (Fsp3) is 0.348. The normalized spacial score (nSPS) is 15.2. The number of piperazine rings is 1. The van der Waals surface area contributed by atoms with Crippen molar-refractivity contribution in [1.82, 2.24) is 25.5 Å². The lowest BCUT2D eigenvalue weighted by molar-refractivity contribution is 0.312. The summed E-state index contributed by atoms with van der Waals surface area (Å²) in [4.78, 5) is 18.1. The predicted molar refractivity (Wildman–Crippen MR) is 123 cm³/mol. The highest BCUT2D eigenvalue weighted by molar-refractivity contribution is 5.79. The molecule has 8 heteroatoms. The molecule has 31 heavy (non-hydrogen) atoms. The number of hydrogen-bond donors (Lipinski definition) is 2. The molecule has 2 N–H and O–H groups in total. The third-order valence-electron chi connectivity index (χ3n) is 5.33. The maximum atomic E-state index is 5.59. The molecule has 1 aliphatic rings. The van der Waals surface area contributed by atoms with E-state index in [-0.39, 0.29) is 0 Å². The van der Waals surface area contributed by atoms with Gasteiger partial charge in [-0.1, -0.05) is 24.3 Å². The van der Waals surface area contributed by atoms with E-state index in [4.69, 9.17) is 4.42 Å². The SMILES string of the molecule is CN=C(NCc1ccc(N2CCN(C)CC2)nc1)NCc1coc(-c2ccccc2)n1. The average molecular weight is 420 g/mol. The van der Waals surface area contributed by atoms with Gasteiger partial charge in [0.1, 0.15) is 12.1 Å². The Morgan fingerprint density at radius 2 is 1.81 bits per heavy atom. The third kappa shape index (κ3) is 5.61. The second kappa shape index (κ2) is 10.1. The van der Waals surface area contributed by atoms with Crippen molar-refractivity contribution >= 4 is 11.8 Å². The number of anilines is 1. The van der Waals surface area contributed by atoms with E-state index in [9.17, 15) is 0 Å². The van der Waals surface area contributed by atoms with Crippen LogP contribution in [-0.2, 0) is 13.1 Å². The largest absolute Gasteiger partial charge is 0.444 e. The molecule has 2 aromatic heterocycles. The number of benzene rings is 1. The Kier molecular flexibility index (Phi) is 6.78. The number of rotatable bonds is 6. The van der Waals surface area contributed by atoms with Crippen molar-refractivity contribution in [2.24, 2.45) is 4.99 Å². The minimum Gasteiger partial charge on any atom is -0.444 e. The lowest BCUT2D eigenvalue weighted by atomic mass is 10.2. The highest BCUT2D eigenvalue weighted by atomic mass is 16.3. The zero-order valence-corrected chi connectivity index (χ0v) is 18.1. The lowest BCUT2D eigenvalue weighted by Crippen LogP contribution is -2.44. The Morgan fingerprint density at radius 3 is 2.52 bits per heavy atom. The van der Waals surface area contributed by atoms with Crippen LogP contribution in [0.4, 0.5) is 5.82 Å². The standard InChI is InChI=1S/C23H29N7O/c1-24-23(27-16-20-17-31-22(28-20)19-6-4-3-5-7-19)26-15-18-8-9-21(25-14-18)30-12-10-29(2)11-13-30/h3-9,14,17H,10-13,15-16H2,1-2H3,(H2,24,26,27). The fourth-order valence-corrected chi connectivity index (χ4v) is 3.43. The summed E-state index contributed by atoms with van der Waals surface area (Å²) in [6, 6.07) is 14.1. The van der Waals surface area contributed by atoms with E-state index < -0.39 is 0 Å². The van der Waals surface area contributed by atoms with E-state index in [2.05, 4.69) is 54.6 Å². The minimum atomic E-state index is 0.524. The smallest absolute Gasteiger partial charge is 0.226 e. The van der Waals surface area contributed by atoms with Gasteiger partial charge >= 0.3 is 0 Å². The summed E-state index contributed by atoms with van der Waals surface area (Å²) >= 11 is 0. The van der Waals surface area contributed by atoms with Crippen molar-refractivity contribution in [2.45, 2.75) is 13.1 Å². The topological polar surface area (TPSA) is 81.8 Å². The highest BCUT2D eigenvalue weighted by Gasteiger charge is 2.15. The van der Waals surface area contributed by atoms with E-state index in [1.54, 1.807) is 13.3 Å². The van der Waals surface area contributed by atoms with Crippen molar-refractivity contribution in [3.63, 3.8) is 0 Å². The van der Waals surface area contributed by atoms with Crippen molar-refractivity contribution < 1.29 is 4.42 Å². The number of oxazole rings is 1. The number of nitrogens with one attached hydrogen (secondary N) is 2. The molecule has 4 rings (SSSR count). The summed E-state index contributed by atoms with van der Waals surface area (Å²) in [6.45, 7) is 5.36. The number of likely N-dealkylation sites (N-methyl/N-ethyl adjacent to an activating group) is 1. The van der Waals surface area contributed by atoms with Crippen LogP contribution in [0.5, 0.6) is 0 Å². The van der Waals surface area contributed by atoms with Gasteiger partial charge < -0.3 is 24.9 Å². The summed E-state index contributed by atoms with van der Waals surface area (Å²) in [6.07, 6.45) is 3.60. The summed E-state index contributed by atoms with van der Waals surface area (Å²) in [7, 11) is 3.91.